The Morgan fingerprint density at radius 1 is 1.75 bits per heavy atom. The van der Waals surface area contributed by atoms with Crippen molar-refractivity contribution in [1.29, 1.82) is 0 Å². The number of hydrogen-bond donors (Lipinski definition) is 0. The molecule has 3 heteroatoms. The Kier molecular flexibility index (Phi) is 1.57. The number of fused-ring (bicyclic) bond motifs is 1. The van der Waals surface area contributed by atoms with Gasteiger partial charge < -0.3 is 4.90 Å². The molecule has 0 radical (unpaired) electrons. The second-order valence-electron chi connectivity index (χ2n) is 2.99. The van der Waals surface area contributed by atoms with Crippen LogP contribution in [-0.2, 0) is 0 Å². The topological polar surface area (TPSA) is 28.0 Å². The molecule has 0 aliphatic carbocycles. The number of aliphatic imine (C=N–C) groups is 2. The summed E-state index contributed by atoms with van der Waals surface area (Å²) in [6.07, 6.45) is 5.69. The van der Waals surface area contributed by atoms with Gasteiger partial charge in [-0.1, -0.05) is 6.58 Å². The zero-order valence-electron chi connectivity index (χ0n) is 7.07. The molecular weight excluding hydrogens is 150 g/mol. The van der Waals surface area contributed by atoms with Crippen molar-refractivity contribution in [1.82, 2.24) is 4.90 Å². The molecule has 1 atom stereocenters. The van der Waals surface area contributed by atoms with Crippen LogP contribution in [0, 0.1) is 0 Å². The number of rotatable bonds is 1. The highest BCUT2D eigenvalue weighted by atomic mass is 15.3. The second-order valence-corrected chi connectivity index (χ2v) is 2.99. The van der Waals surface area contributed by atoms with Crippen LogP contribution in [0.1, 0.15) is 6.92 Å². The zero-order chi connectivity index (χ0) is 8.55. The molecule has 1 unspecified atom stereocenters. The van der Waals surface area contributed by atoms with Crippen molar-refractivity contribution >= 4 is 11.7 Å². The summed E-state index contributed by atoms with van der Waals surface area (Å²) in [5.41, 5.74) is 0.888. The summed E-state index contributed by atoms with van der Waals surface area (Å²) in [5.74, 6) is 0.819. The van der Waals surface area contributed by atoms with Gasteiger partial charge in [-0.25, -0.2) is 9.98 Å². The van der Waals surface area contributed by atoms with Crippen molar-refractivity contribution in [2.24, 2.45) is 9.98 Å². The Hall–Kier alpha value is -1.38. The Bertz CT molecular complexity index is 299. The zero-order valence-corrected chi connectivity index (χ0v) is 7.07. The number of guanidine groups is 1. The van der Waals surface area contributed by atoms with E-state index in [1.54, 1.807) is 6.08 Å². The Morgan fingerprint density at radius 2 is 2.58 bits per heavy atom. The van der Waals surface area contributed by atoms with Crippen molar-refractivity contribution in [2.75, 3.05) is 6.54 Å². The normalized spacial score (nSPS) is 26.4. The second kappa shape index (κ2) is 2.59. The lowest BCUT2D eigenvalue weighted by atomic mass is 10.3. The molecule has 2 aliphatic rings. The summed E-state index contributed by atoms with van der Waals surface area (Å²) in [7, 11) is 0. The van der Waals surface area contributed by atoms with E-state index in [1.165, 1.54) is 0 Å². The Labute approximate surface area is 71.8 Å². The number of nitrogens with zero attached hydrogens (tertiary/aromatic N) is 3. The van der Waals surface area contributed by atoms with Crippen molar-refractivity contribution in [2.45, 2.75) is 13.0 Å². The van der Waals surface area contributed by atoms with E-state index in [0.29, 0.717) is 6.04 Å². The molecule has 62 valence electrons. The Morgan fingerprint density at radius 3 is 3.33 bits per heavy atom. The van der Waals surface area contributed by atoms with Gasteiger partial charge in [0.1, 0.15) is 0 Å². The molecule has 0 saturated heterocycles. The van der Waals surface area contributed by atoms with Crippen LogP contribution in [0.2, 0.25) is 0 Å². The highest BCUT2D eigenvalue weighted by Gasteiger charge is 2.21. The van der Waals surface area contributed by atoms with Crippen LogP contribution in [0.15, 0.2) is 34.9 Å². The molecule has 0 spiro atoms. The van der Waals surface area contributed by atoms with Gasteiger partial charge in [0.05, 0.1) is 11.8 Å². The third-order valence-electron chi connectivity index (χ3n) is 1.92. The molecule has 0 aromatic rings. The van der Waals surface area contributed by atoms with Gasteiger partial charge >= 0.3 is 0 Å². The molecule has 0 bridgehead atoms. The van der Waals surface area contributed by atoms with E-state index < -0.39 is 0 Å². The van der Waals surface area contributed by atoms with Crippen LogP contribution in [0.5, 0.6) is 0 Å². The molecule has 2 rings (SSSR count). The van der Waals surface area contributed by atoms with Crippen LogP contribution in [0.25, 0.3) is 0 Å². The summed E-state index contributed by atoms with van der Waals surface area (Å²) in [6.45, 7) is 6.69. The average molecular weight is 161 g/mol. The molecule has 0 saturated carbocycles. The molecular formula is C9H11N3. The minimum absolute atomic E-state index is 0.359. The van der Waals surface area contributed by atoms with E-state index in [1.807, 2.05) is 12.3 Å². The fraction of sp³-hybridized carbons (Fsp3) is 0.333. The van der Waals surface area contributed by atoms with E-state index in [4.69, 9.17) is 0 Å². The minimum atomic E-state index is 0.359. The van der Waals surface area contributed by atoms with Gasteiger partial charge in [0, 0.05) is 12.7 Å². The fourth-order valence-corrected chi connectivity index (χ4v) is 1.33. The van der Waals surface area contributed by atoms with Crippen molar-refractivity contribution in [3.05, 3.63) is 24.9 Å². The predicted octanol–water partition coefficient (Wildman–Crippen LogP) is 1.20. The average Bonchev–Trinajstić information content (AvgIpc) is 2.43. The predicted molar refractivity (Wildman–Crippen MR) is 50.4 cm³/mol. The molecule has 0 N–H and O–H groups in total. The lowest BCUT2D eigenvalue weighted by Crippen LogP contribution is -2.25. The first-order valence-electron chi connectivity index (χ1n) is 4.03. The lowest BCUT2D eigenvalue weighted by molar-refractivity contribution is 0.553. The van der Waals surface area contributed by atoms with Gasteiger partial charge in [-0.05, 0) is 19.1 Å². The minimum Gasteiger partial charge on any atom is -0.315 e. The highest BCUT2D eigenvalue weighted by molar-refractivity contribution is 6.11. The third-order valence-corrected chi connectivity index (χ3v) is 1.92. The van der Waals surface area contributed by atoms with Crippen LogP contribution in [0.4, 0.5) is 0 Å². The standard InChI is InChI=1S/C9H11N3/c1-3-8-4-5-12-6-7(2)10-9(12)11-8/h3-5,7H,1,6H2,2H3. The third kappa shape index (κ3) is 1.07. The molecule has 0 aromatic carbocycles. The van der Waals surface area contributed by atoms with Crippen LogP contribution in [-0.4, -0.2) is 29.2 Å². The molecule has 12 heavy (non-hydrogen) atoms. The van der Waals surface area contributed by atoms with E-state index in [2.05, 4.69) is 28.4 Å². The molecule has 0 fully saturated rings. The smallest absolute Gasteiger partial charge is 0.225 e. The van der Waals surface area contributed by atoms with Gasteiger partial charge in [-0.2, -0.15) is 0 Å². The highest BCUT2D eigenvalue weighted by Crippen LogP contribution is 2.13. The van der Waals surface area contributed by atoms with E-state index >= 15 is 0 Å². The summed E-state index contributed by atoms with van der Waals surface area (Å²) in [6, 6.07) is 0.359. The molecule has 0 aromatic heterocycles. The van der Waals surface area contributed by atoms with Crippen molar-refractivity contribution in [3.63, 3.8) is 0 Å². The number of hydrogen-bond acceptors (Lipinski definition) is 3. The molecule has 2 aliphatic heterocycles. The molecule has 3 nitrogen and oxygen atoms in total. The van der Waals surface area contributed by atoms with Gasteiger partial charge in [0.2, 0.25) is 5.96 Å². The number of allylic oxidation sites excluding steroid dienone is 2. The summed E-state index contributed by atoms with van der Waals surface area (Å²) in [4.78, 5) is 10.7. The maximum atomic E-state index is 4.36. The first-order chi connectivity index (χ1) is 5.79. The van der Waals surface area contributed by atoms with Gasteiger partial charge in [-0.3, -0.25) is 0 Å². The van der Waals surface area contributed by atoms with Crippen LogP contribution in [0.3, 0.4) is 0 Å². The quantitative estimate of drug-likeness (QED) is 0.568. The largest absolute Gasteiger partial charge is 0.315 e. The first kappa shape index (κ1) is 7.28. The van der Waals surface area contributed by atoms with Crippen LogP contribution < -0.4 is 0 Å². The van der Waals surface area contributed by atoms with Crippen molar-refractivity contribution < 1.29 is 0 Å². The maximum Gasteiger partial charge on any atom is 0.225 e. The molecule has 0 amide bonds. The van der Waals surface area contributed by atoms with Gasteiger partial charge in [0.25, 0.3) is 0 Å². The van der Waals surface area contributed by atoms with E-state index in [-0.39, 0.29) is 0 Å². The summed E-state index contributed by atoms with van der Waals surface area (Å²) >= 11 is 0. The fourth-order valence-electron chi connectivity index (χ4n) is 1.33. The molecule has 2 heterocycles. The van der Waals surface area contributed by atoms with E-state index in [9.17, 15) is 0 Å². The maximum absolute atomic E-state index is 4.36. The lowest BCUT2D eigenvalue weighted by Gasteiger charge is -2.15. The first-order valence-corrected chi connectivity index (χ1v) is 4.03. The summed E-state index contributed by atoms with van der Waals surface area (Å²) < 4.78 is 0. The van der Waals surface area contributed by atoms with Gasteiger partial charge in [-0.15, -0.1) is 0 Å². The van der Waals surface area contributed by atoms with E-state index in [0.717, 1.165) is 18.2 Å². The van der Waals surface area contributed by atoms with Crippen molar-refractivity contribution in [3.8, 4) is 0 Å². The van der Waals surface area contributed by atoms with Gasteiger partial charge in [0.15, 0.2) is 0 Å². The monoisotopic (exact) mass is 161 g/mol. The van der Waals surface area contributed by atoms with Crippen LogP contribution >= 0.6 is 0 Å². The Balaban J connectivity index is 2.31. The summed E-state index contributed by atoms with van der Waals surface area (Å²) in [5, 5.41) is 0. The SMILES string of the molecule is C=CC1=NC2=NC(C)CN2C=C1.